The molecule has 0 heterocycles. The Morgan fingerprint density at radius 1 is 1.19 bits per heavy atom. The van der Waals surface area contributed by atoms with E-state index in [0.29, 0.717) is 0 Å². The first kappa shape index (κ1) is 15.5. The van der Waals surface area contributed by atoms with Crippen molar-refractivity contribution in [2.45, 2.75) is 65.8 Å². The first-order valence-electron chi connectivity index (χ1n) is 5.69. The van der Waals surface area contributed by atoms with Gasteiger partial charge in [-0.25, -0.2) is 4.39 Å². The molecule has 4 heteroatoms. The Balaban J connectivity index is 4.86. The Morgan fingerprint density at radius 3 is 1.88 bits per heavy atom. The minimum atomic E-state index is -2.02. The van der Waals surface area contributed by atoms with Gasteiger partial charge in [0.2, 0.25) is 0 Å². The van der Waals surface area contributed by atoms with E-state index in [-0.39, 0.29) is 17.1 Å². The lowest BCUT2D eigenvalue weighted by Gasteiger charge is -2.37. The molecule has 0 fully saturated rings. The molecule has 0 saturated carbocycles. The molecule has 0 spiro atoms. The van der Waals surface area contributed by atoms with Gasteiger partial charge in [-0.05, 0) is 38.9 Å². The van der Waals surface area contributed by atoms with Crippen LogP contribution in [0.4, 0.5) is 4.39 Å². The summed E-state index contributed by atoms with van der Waals surface area (Å²) >= 11 is 0. The topological polar surface area (TPSA) is 18.5 Å². The van der Waals surface area contributed by atoms with Gasteiger partial charge < -0.3 is 9.16 Å². The maximum atomic E-state index is 13.3. The first-order chi connectivity index (χ1) is 6.97. The molecule has 0 rings (SSSR count). The SMILES string of the molecule is C/C(F)=C(/OC(C)C)O[Si](C)(C)C(C)(C)C. The minimum absolute atomic E-state index is 0.0358. The lowest BCUT2D eigenvalue weighted by Crippen LogP contribution is -2.41. The monoisotopic (exact) mass is 248 g/mol. The van der Waals surface area contributed by atoms with E-state index in [2.05, 4.69) is 33.9 Å². The fourth-order valence-electron chi connectivity index (χ4n) is 0.774. The van der Waals surface area contributed by atoms with Crippen molar-refractivity contribution in [3.63, 3.8) is 0 Å². The Labute approximate surface area is 100.0 Å². The van der Waals surface area contributed by atoms with Crippen LogP contribution in [0.2, 0.25) is 18.1 Å². The van der Waals surface area contributed by atoms with Crippen LogP contribution < -0.4 is 0 Å². The van der Waals surface area contributed by atoms with Gasteiger partial charge in [0.05, 0.1) is 6.10 Å². The van der Waals surface area contributed by atoms with Crippen LogP contribution in [0, 0.1) is 0 Å². The molecule has 0 aromatic carbocycles. The number of allylic oxidation sites excluding steroid dienone is 1. The summed E-state index contributed by atoms with van der Waals surface area (Å²) in [5, 5.41) is 0.0358. The van der Waals surface area contributed by atoms with E-state index < -0.39 is 14.1 Å². The van der Waals surface area contributed by atoms with E-state index in [0.717, 1.165) is 0 Å². The molecule has 0 aliphatic heterocycles. The molecule has 0 unspecified atom stereocenters. The van der Waals surface area contributed by atoms with Gasteiger partial charge in [-0.3, -0.25) is 0 Å². The lowest BCUT2D eigenvalue weighted by molar-refractivity contribution is 0.0477. The summed E-state index contributed by atoms with van der Waals surface area (Å²) in [6, 6.07) is 0. The third-order valence-corrected chi connectivity index (χ3v) is 7.09. The molecule has 0 radical (unpaired) electrons. The van der Waals surface area contributed by atoms with Gasteiger partial charge >= 0.3 is 0 Å². The van der Waals surface area contributed by atoms with E-state index in [1.54, 1.807) is 0 Å². The molecule has 96 valence electrons. The van der Waals surface area contributed by atoms with Crippen LogP contribution in [0.25, 0.3) is 0 Å². The van der Waals surface area contributed by atoms with Gasteiger partial charge in [0.15, 0.2) is 5.83 Å². The number of halogens is 1. The van der Waals surface area contributed by atoms with Crippen molar-refractivity contribution >= 4 is 8.32 Å². The summed E-state index contributed by atoms with van der Waals surface area (Å²) in [7, 11) is -2.02. The van der Waals surface area contributed by atoms with E-state index in [4.69, 9.17) is 9.16 Å². The zero-order chi connectivity index (χ0) is 13.1. The van der Waals surface area contributed by atoms with Gasteiger partial charge in [0, 0.05) is 0 Å². The Morgan fingerprint density at radius 2 is 1.62 bits per heavy atom. The molecule has 2 nitrogen and oxygen atoms in total. The fourth-order valence-corrected chi connectivity index (χ4v) is 1.73. The molecule has 0 aromatic rings. The second-order valence-corrected chi connectivity index (χ2v) is 10.6. The molecule has 0 saturated heterocycles. The smallest absolute Gasteiger partial charge is 0.298 e. The van der Waals surface area contributed by atoms with E-state index in [1.165, 1.54) is 6.92 Å². The summed E-state index contributed by atoms with van der Waals surface area (Å²) < 4.78 is 24.5. The predicted molar refractivity (Wildman–Crippen MR) is 68.3 cm³/mol. The quantitative estimate of drug-likeness (QED) is 0.535. The van der Waals surface area contributed by atoms with Gasteiger partial charge in [-0.15, -0.1) is 0 Å². The normalized spacial score (nSPS) is 14.9. The van der Waals surface area contributed by atoms with Crippen molar-refractivity contribution in [3.05, 3.63) is 11.8 Å². The van der Waals surface area contributed by atoms with E-state index in [9.17, 15) is 4.39 Å². The molecule has 0 amide bonds. The molecule has 0 aliphatic rings. The average molecular weight is 248 g/mol. The fraction of sp³-hybridized carbons (Fsp3) is 0.833. The lowest BCUT2D eigenvalue weighted by atomic mass is 10.2. The zero-order valence-electron chi connectivity index (χ0n) is 11.8. The van der Waals surface area contributed by atoms with Crippen molar-refractivity contribution in [2.24, 2.45) is 0 Å². The van der Waals surface area contributed by atoms with Crippen LogP contribution in [-0.2, 0) is 9.16 Å². The van der Waals surface area contributed by atoms with Crippen LogP contribution in [0.15, 0.2) is 11.8 Å². The molecule has 0 bridgehead atoms. The Hall–Kier alpha value is -0.513. The average Bonchev–Trinajstić information content (AvgIpc) is 1.98. The van der Waals surface area contributed by atoms with Crippen molar-refractivity contribution in [2.75, 3.05) is 0 Å². The van der Waals surface area contributed by atoms with E-state index in [1.807, 2.05) is 13.8 Å². The molecule has 0 aromatic heterocycles. The summed E-state index contributed by atoms with van der Waals surface area (Å²) in [6.45, 7) is 15.6. The number of rotatable bonds is 4. The number of hydrogen-bond donors (Lipinski definition) is 0. The van der Waals surface area contributed by atoms with Crippen molar-refractivity contribution in [3.8, 4) is 0 Å². The number of ether oxygens (including phenoxy) is 1. The molecule has 16 heavy (non-hydrogen) atoms. The third kappa shape index (κ3) is 4.55. The molecule has 0 aliphatic carbocycles. The van der Waals surface area contributed by atoms with Crippen LogP contribution in [0.3, 0.4) is 0 Å². The van der Waals surface area contributed by atoms with Gasteiger partial charge in [-0.2, -0.15) is 0 Å². The molecule has 0 N–H and O–H groups in total. The predicted octanol–water partition coefficient (Wildman–Crippen LogP) is 4.59. The Kier molecular flexibility index (Phi) is 5.04. The highest BCUT2D eigenvalue weighted by atomic mass is 28.4. The first-order valence-corrected chi connectivity index (χ1v) is 8.60. The highest BCUT2D eigenvalue weighted by Crippen LogP contribution is 2.38. The van der Waals surface area contributed by atoms with Crippen molar-refractivity contribution in [1.82, 2.24) is 0 Å². The molecular formula is C12H25FO2Si. The van der Waals surface area contributed by atoms with Crippen LogP contribution in [0.5, 0.6) is 0 Å². The standard InChI is InChI=1S/C12H25FO2Si/c1-9(2)14-11(10(3)13)15-16(7,8)12(4,5)6/h9H,1-8H3/b11-10+. The van der Waals surface area contributed by atoms with Crippen LogP contribution in [0.1, 0.15) is 41.5 Å². The maximum Gasteiger partial charge on any atom is 0.298 e. The van der Waals surface area contributed by atoms with E-state index >= 15 is 0 Å². The maximum absolute atomic E-state index is 13.3. The molecule has 0 atom stereocenters. The summed E-state index contributed by atoms with van der Waals surface area (Å²) in [4.78, 5) is 0. The van der Waals surface area contributed by atoms with Crippen LogP contribution in [-0.4, -0.2) is 14.4 Å². The van der Waals surface area contributed by atoms with Crippen molar-refractivity contribution in [1.29, 1.82) is 0 Å². The summed E-state index contributed by atoms with van der Waals surface area (Å²) in [6.07, 6.45) is -0.0783. The second-order valence-electron chi connectivity index (χ2n) is 5.85. The zero-order valence-corrected chi connectivity index (χ0v) is 12.8. The molecular weight excluding hydrogens is 223 g/mol. The number of hydrogen-bond acceptors (Lipinski definition) is 2. The third-order valence-electron chi connectivity index (χ3n) is 2.78. The largest absolute Gasteiger partial charge is 0.517 e. The highest BCUT2D eigenvalue weighted by molar-refractivity contribution is 6.74. The van der Waals surface area contributed by atoms with Crippen molar-refractivity contribution < 1.29 is 13.6 Å². The summed E-state index contributed by atoms with van der Waals surface area (Å²) in [5.74, 6) is -0.333. The van der Waals surface area contributed by atoms with Gasteiger partial charge in [0.1, 0.15) is 0 Å². The second kappa shape index (κ2) is 5.21. The minimum Gasteiger partial charge on any atom is -0.517 e. The summed E-state index contributed by atoms with van der Waals surface area (Å²) in [5.41, 5.74) is 0. The van der Waals surface area contributed by atoms with Gasteiger partial charge in [-0.1, -0.05) is 20.8 Å². The van der Waals surface area contributed by atoms with Crippen LogP contribution >= 0.6 is 0 Å². The Bertz CT molecular complexity index is 261. The highest BCUT2D eigenvalue weighted by Gasteiger charge is 2.40. The van der Waals surface area contributed by atoms with Gasteiger partial charge in [0.25, 0.3) is 14.3 Å².